The lowest BCUT2D eigenvalue weighted by Gasteiger charge is -2.12. The van der Waals surface area contributed by atoms with Gasteiger partial charge in [-0.3, -0.25) is 9.59 Å². The molecule has 5 heteroatoms. The van der Waals surface area contributed by atoms with Gasteiger partial charge < -0.3 is 14.6 Å². The van der Waals surface area contributed by atoms with E-state index in [0.717, 1.165) is 44.9 Å². The summed E-state index contributed by atoms with van der Waals surface area (Å²) in [5.41, 5.74) is 0. The highest BCUT2D eigenvalue weighted by Crippen LogP contribution is 2.11. The molecule has 0 amide bonds. The van der Waals surface area contributed by atoms with E-state index in [0.29, 0.717) is 19.3 Å². The van der Waals surface area contributed by atoms with Crippen LogP contribution < -0.4 is 0 Å². The summed E-state index contributed by atoms with van der Waals surface area (Å²) < 4.78 is 10.3. The summed E-state index contributed by atoms with van der Waals surface area (Å²) in [6.07, 6.45) is 45.9. The summed E-state index contributed by atoms with van der Waals surface area (Å²) in [4.78, 5) is 23.9. The molecule has 1 atom stereocenters. The topological polar surface area (TPSA) is 72.8 Å². The zero-order chi connectivity index (χ0) is 33.6. The SMILES string of the molecule is CCCCCCCC/C=C\C/C=C\C/C=C\CCCC(=O)OC[C@H](O)COC(=O)CCCCCCC/C=C\CCCCCCCC. The van der Waals surface area contributed by atoms with Crippen LogP contribution in [0.25, 0.3) is 0 Å². The molecular formula is C41H72O5. The van der Waals surface area contributed by atoms with Crippen LogP contribution in [0.2, 0.25) is 0 Å². The van der Waals surface area contributed by atoms with Crippen molar-refractivity contribution in [3.8, 4) is 0 Å². The van der Waals surface area contributed by atoms with Crippen LogP contribution in [-0.2, 0) is 19.1 Å². The molecule has 0 aromatic heterocycles. The Morgan fingerprint density at radius 1 is 0.457 bits per heavy atom. The smallest absolute Gasteiger partial charge is 0.305 e. The molecule has 0 radical (unpaired) electrons. The van der Waals surface area contributed by atoms with Crippen LogP contribution in [0, 0.1) is 0 Å². The lowest BCUT2D eigenvalue weighted by Crippen LogP contribution is -2.25. The van der Waals surface area contributed by atoms with Crippen molar-refractivity contribution in [2.45, 2.75) is 187 Å². The molecule has 0 heterocycles. The van der Waals surface area contributed by atoms with E-state index in [1.165, 1.54) is 103 Å². The first-order chi connectivity index (χ1) is 22.6. The first-order valence-electron chi connectivity index (χ1n) is 19.2. The molecule has 0 aliphatic heterocycles. The van der Waals surface area contributed by atoms with Crippen LogP contribution >= 0.6 is 0 Å². The normalized spacial score (nSPS) is 12.7. The van der Waals surface area contributed by atoms with Gasteiger partial charge in [-0.2, -0.15) is 0 Å². The van der Waals surface area contributed by atoms with E-state index >= 15 is 0 Å². The summed E-state index contributed by atoms with van der Waals surface area (Å²) in [6, 6.07) is 0. The minimum atomic E-state index is -0.987. The maximum absolute atomic E-state index is 11.9. The fourth-order valence-electron chi connectivity index (χ4n) is 5.10. The Morgan fingerprint density at radius 3 is 1.24 bits per heavy atom. The first-order valence-corrected chi connectivity index (χ1v) is 19.2. The number of unbranched alkanes of at least 4 members (excludes halogenated alkanes) is 18. The van der Waals surface area contributed by atoms with E-state index in [4.69, 9.17) is 9.47 Å². The molecule has 0 rings (SSSR count). The number of carbonyl (C=O) groups is 2. The van der Waals surface area contributed by atoms with E-state index in [2.05, 4.69) is 62.5 Å². The Labute approximate surface area is 284 Å². The maximum Gasteiger partial charge on any atom is 0.305 e. The fraction of sp³-hybridized carbons (Fsp3) is 0.756. The number of hydrogen-bond donors (Lipinski definition) is 1. The highest BCUT2D eigenvalue weighted by atomic mass is 16.6. The summed E-state index contributed by atoms with van der Waals surface area (Å²) in [6.45, 7) is 4.23. The quantitative estimate of drug-likeness (QED) is 0.0429. The van der Waals surface area contributed by atoms with Crippen LogP contribution in [0.3, 0.4) is 0 Å². The third-order valence-corrected chi connectivity index (χ3v) is 8.04. The second-order valence-corrected chi connectivity index (χ2v) is 12.7. The first kappa shape index (κ1) is 43.9. The Balaban J connectivity index is 3.54. The highest BCUT2D eigenvalue weighted by Gasteiger charge is 2.11. The number of carbonyl (C=O) groups excluding carboxylic acids is 2. The van der Waals surface area contributed by atoms with Gasteiger partial charge in [-0.1, -0.05) is 146 Å². The zero-order valence-corrected chi connectivity index (χ0v) is 30.1. The van der Waals surface area contributed by atoms with Gasteiger partial charge in [0.15, 0.2) is 0 Å². The molecule has 0 aliphatic rings. The third-order valence-electron chi connectivity index (χ3n) is 8.04. The second-order valence-electron chi connectivity index (χ2n) is 12.7. The van der Waals surface area contributed by atoms with Crippen LogP contribution in [0.15, 0.2) is 48.6 Å². The number of ether oxygens (including phenoxy) is 2. The molecule has 0 saturated carbocycles. The summed E-state index contributed by atoms with van der Waals surface area (Å²) >= 11 is 0. The number of rotatable bonds is 34. The predicted molar refractivity (Wildman–Crippen MR) is 196 cm³/mol. The Bertz CT molecular complexity index is 782. The molecule has 0 saturated heterocycles. The van der Waals surface area contributed by atoms with Gasteiger partial charge in [0.05, 0.1) is 0 Å². The van der Waals surface area contributed by atoms with Crippen molar-refractivity contribution < 1.29 is 24.2 Å². The van der Waals surface area contributed by atoms with E-state index in [9.17, 15) is 14.7 Å². The van der Waals surface area contributed by atoms with Crippen molar-refractivity contribution in [3.63, 3.8) is 0 Å². The van der Waals surface area contributed by atoms with E-state index in [1.807, 2.05) is 0 Å². The molecule has 0 unspecified atom stereocenters. The summed E-state index contributed by atoms with van der Waals surface area (Å²) in [7, 11) is 0. The average Bonchev–Trinajstić information content (AvgIpc) is 3.06. The molecule has 46 heavy (non-hydrogen) atoms. The number of esters is 2. The minimum Gasteiger partial charge on any atom is -0.463 e. The van der Waals surface area contributed by atoms with Crippen molar-refractivity contribution in [2.24, 2.45) is 0 Å². The second kappa shape index (κ2) is 37.3. The van der Waals surface area contributed by atoms with Gasteiger partial charge in [0.2, 0.25) is 0 Å². The van der Waals surface area contributed by atoms with E-state index in [-0.39, 0.29) is 25.2 Å². The molecule has 1 N–H and O–H groups in total. The van der Waals surface area contributed by atoms with Gasteiger partial charge in [-0.05, 0) is 70.6 Å². The molecule has 0 aliphatic carbocycles. The zero-order valence-electron chi connectivity index (χ0n) is 30.1. The molecule has 0 spiro atoms. The molecule has 0 fully saturated rings. The summed E-state index contributed by atoms with van der Waals surface area (Å²) in [5.74, 6) is -0.635. The third kappa shape index (κ3) is 36.3. The number of aliphatic hydroxyl groups is 1. The monoisotopic (exact) mass is 645 g/mol. The molecule has 0 bridgehead atoms. The lowest BCUT2D eigenvalue weighted by molar-refractivity contribution is -0.152. The predicted octanol–water partition coefficient (Wildman–Crippen LogP) is 11.8. The molecule has 0 aromatic rings. The number of hydrogen-bond acceptors (Lipinski definition) is 5. The molecule has 266 valence electrons. The molecular weight excluding hydrogens is 572 g/mol. The van der Waals surface area contributed by atoms with Crippen molar-refractivity contribution in [3.05, 3.63) is 48.6 Å². The van der Waals surface area contributed by atoms with Gasteiger partial charge in [0.25, 0.3) is 0 Å². The van der Waals surface area contributed by atoms with Crippen molar-refractivity contribution >= 4 is 11.9 Å². The van der Waals surface area contributed by atoms with Gasteiger partial charge in [0, 0.05) is 12.8 Å². The Kier molecular flexibility index (Phi) is 35.6. The van der Waals surface area contributed by atoms with Crippen LogP contribution in [-0.4, -0.2) is 36.4 Å². The maximum atomic E-state index is 11.9. The largest absolute Gasteiger partial charge is 0.463 e. The van der Waals surface area contributed by atoms with Gasteiger partial charge in [-0.25, -0.2) is 0 Å². The van der Waals surface area contributed by atoms with Crippen LogP contribution in [0.1, 0.15) is 181 Å². The van der Waals surface area contributed by atoms with Crippen molar-refractivity contribution in [2.75, 3.05) is 13.2 Å². The number of aliphatic hydroxyl groups excluding tert-OH is 1. The van der Waals surface area contributed by atoms with Gasteiger partial charge >= 0.3 is 11.9 Å². The minimum absolute atomic E-state index is 0.137. The van der Waals surface area contributed by atoms with E-state index in [1.54, 1.807) is 0 Å². The molecule has 5 nitrogen and oxygen atoms in total. The highest BCUT2D eigenvalue weighted by molar-refractivity contribution is 5.69. The average molecular weight is 645 g/mol. The summed E-state index contributed by atoms with van der Waals surface area (Å²) in [5, 5.41) is 9.99. The van der Waals surface area contributed by atoms with Gasteiger partial charge in [0.1, 0.15) is 19.3 Å². The lowest BCUT2D eigenvalue weighted by atomic mass is 10.1. The standard InChI is InChI=1S/C41H72O5/c1-3-5-7-9-11-13-15-17-19-20-22-24-26-28-30-32-34-36-41(44)46-38-39(42)37-45-40(43)35-33-31-29-27-25-23-21-18-16-14-12-10-8-6-4-2/h17-19,21-22,24,28,30,39,42H,3-16,20,23,25-27,29,31-38H2,1-2H3/b19-17-,21-18-,24-22-,30-28-/t39-/m1/s1. The van der Waals surface area contributed by atoms with Crippen molar-refractivity contribution in [1.82, 2.24) is 0 Å². The molecule has 0 aromatic carbocycles. The van der Waals surface area contributed by atoms with Crippen LogP contribution in [0.5, 0.6) is 0 Å². The van der Waals surface area contributed by atoms with Gasteiger partial charge in [-0.15, -0.1) is 0 Å². The number of allylic oxidation sites excluding steroid dienone is 8. The van der Waals surface area contributed by atoms with E-state index < -0.39 is 6.10 Å². The Hall–Kier alpha value is -2.14. The van der Waals surface area contributed by atoms with Crippen LogP contribution in [0.4, 0.5) is 0 Å². The fourth-order valence-corrected chi connectivity index (χ4v) is 5.10. The Morgan fingerprint density at radius 2 is 0.783 bits per heavy atom. The van der Waals surface area contributed by atoms with Crippen molar-refractivity contribution in [1.29, 1.82) is 0 Å².